The first-order valence-corrected chi connectivity index (χ1v) is 9.71. The van der Waals surface area contributed by atoms with Crippen molar-refractivity contribution < 1.29 is 19.1 Å². The number of imide groups is 1. The molecule has 1 aliphatic carbocycles. The predicted molar refractivity (Wildman–Crippen MR) is 104 cm³/mol. The van der Waals surface area contributed by atoms with Gasteiger partial charge in [-0.1, -0.05) is 54.1 Å². The summed E-state index contributed by atoms with van der Waals surface area (Å²) in [5.74, 6) is -1.10. The molecular formula is C22H20ClNO4. The molecule has 144 valence electrons. The Morgan fingerprint density at radius 1 is 1.04 bits per heavy atom. The molecule has 6 heteroatoms. The fraction of sp³-hybridized carbons (Fsp3) is 0.318. The molecule has 0 unspecified atom stereocenters. The molecule has 4 rings (SSSR count). The summed E-state index contributed by atoms with van der Waals surface area (Å²) in [5.41, 5.74) is 1.92. The summed E-state index contributed by atoms with van der Waals surface area (Å²) in [7, 11) is 0. The molecule has 3 atom stereocenters. The first-order chi connectivity index (χ1) is 13.5. The van der Waals surface area contributed by atoms with Crippen LogP contribution in [0, 0.1) is 5.92 Å². The fourth-order valence-corrected chi connectivity index (χ4v) is 4.25. The topological polar surface area (TPSA) is 63.7 Å². The number of ether oxygens (including phenoxy) is 1. The van der Waals surface area contributed by atoms with Crippen LogP contribution < -0.4 is 0 Å². The van der Waals surface area contributed by atoms with Crippen LogP contribution in [0.15, 0.2) is 54.6 Å². The summed E-state index contributed by atoms with van der Waals surface area (Å²) in [6.45, 7) is 0.172. The minimum Gasteiger partial charge on any atom is -0.447 e. The third kappa shape index (κ3) is 3.67. The van der Waals surface area contributed by atoms with Crippen LogP contribution in [0.25, 0.3) is 0 Å². The van der Waals surface area contributed by atoms with Gasteiger partial charge in [-0.05, 0) is 29.7 Å². The van der Waals surface area contributed by atoms with Gasteiger partial charge in [-0.25, -0.2) is 9.69 Å². The van der Waals surface area contributed by atoms with Gasteiger partial charge in [0.1, 0.15) is 12.4 Å². The van der Waals surface area contributed by atoms with E-state index in [-0.39, 0.29) is 36.7 Å². The van der Waals surface area contributed by atoms with E-state index in [1.807, 2.05) is 42.5 Å². The molecule has 1 saturated carbocycles. The van der Waals surface area contributed by atoms with E-state index in [0.717, 1.165) is 11.1 Å². The molecule has 0 spiro atoms. The number of hydrogen-bond acceptors (Lipinski definition) is 4. The smallest absolute Gasteiger partial charge is 0.416 e. The Morgan fingerprint density at radius 3 is 2.46 bits per heavy atom. The molecule has 2 aromatic rings. The molecule has 2 aromatic carbocycles. The van der Waals surface area contributed by atoms with E-state index in [1.54, 1.807) is 12.1 Å². The zero-order valence-electron chi connectivity index (χ0n) is 15.2. The lowest BCUT2D eigenvalue weighted by atomic mass is 9.87. The van der Waals surface area contributed by atoms with Gasteiger partial charge in [-0.15, -0.1) is 0 Å². The number of Topliss-reactive ketones (excluding diaryl/α,β-unsaturated/α-hetero) is 1. The van der Waals surface area contributed by atoms with E-state index in [4.69, 9.17) is 16.3 Å². The van der Waals surface area contributed by atoms with Crippen molar-refractivity contribution in [2.24, 2.45) is 5.92 Å². The van der Waals surface area contributed by atoms with Crippen molar-refractivity contribution in [3.05, 3.63) is 70.7 Å². The van der Waals surface area contributed by atoms with Crippen LogP contribution in [0.4, 0.5) is 4.79 Å². The van der Waals surface area contributed by atoms with E-state index in [1.165, 1.54) is 4.90 Å². The van der Waals surface area contributed by atoms with Crippen LogP contribution in [-0.4, -0.2) is 35.3 Å². The van der Waals surface area contributed by atoms with Gasteiger partial charge in [0.05, 0.1) is 12.0 Å². The highest BCUT2D eigenvalue weighted by Gasteiger charge is 2.46. The molecule has 1 saturated heterocycles. The average Bonchev–Trinajstić information content (AvgIpc) is 3.25. The van der Waals surface area contributed by atoms with E-state index < -0.39 is 12.0 Å². The number of amides is 2. The van der Waals surface area contributed by atoms with Crippen LogP contribution in [0.1, 0.15) is 29.9 Å². The molecule has 0 bridgehead atoms. The number of rotatable bonds is 4. The highest BCUT2D eigenvalue weighted by atomic mass is 35.5. The van der Waals surface area contributed by atoms with Gasteiger partial charge in [0.25, 0.3) is 0 Å². The van der Waals surface area contributed by atoms with Crippen LogP contribution in [0.3, 0.4) is 0 Å². The number of carbonyl (C=O) groups excluding carboxylic acids is 3. The minimum atomic E-state index is -0.625. The summed E-state index contributed by atoms with van der Waals surface area (Å²) in [5, 5.41) is 0.599. The van der Waals surface area contributed by atoms with Crippen LogP contribution in [0.5, 0.6) is 0 Å². The number of hydrogen-bond donors (Lipinski definition) is 0. The molecule has 0 N–H and O–H groups in total. The Balaban J connectivity index is 1.57. The SMILES string of the molecule is O=C1C[C@H](c2ccc(Cl)cc2)[C@H](C(=O)N2C(=O)OC[C@@H]2Cc2ccccc2)C1. The Kier molecular flexibility index (Phi) is 5.18. The van der Waals surface area contributed by atoms with Crippen molar-refractivity contribution in [2.75, 3.05) is 6.61 Å². The molecular weight excluding hydrogens is 378 g/mol. The molecule has 5 nitrogen and oxygen atoms in total. The number of ketones is 1. The summed E-state index contributed by atoms with van der Waals surface area (Å²) < 4.78 is 5.18. The van der Waals surface area contributed by atoms with Gasteiger partial charge < -0.3 is 4.74 Å². The Labute approximate surface area is 168 Å². The monoisotopic (exact) mass is 397 g/mol. The molecule has 28 heavy (non-hydrogen) atoms. The molecule has 0 radical (unpaired) electrons. The largest absolute Gasteiger partial charge is 0.447 e. The molecule has 1 aliphatic heterocycles. The third-order valence-corrected chi connectivity index (χ3v) is 5.76. The maximum Gasteiger partial charge on any atom is 0.416 e. The lowest BCUT2D eigenvalue weighted by Gasteiger charge is -2.26. The maximum atomic E-state index is 13.3. The normalized spacial score (nSPS) is 24.5. The number of benzene rings is 2. The van der Waals surface area contributed by atoms with Crippen molar-refractivity contribution in [3.8, 4) is 0 Å². The molecule has 1 heterocycles. The van der Waals surface area contributed by atoms with Crippen molar-refractivity contribution in [1.82, 2.24) is 4.90 Å². The van der Waals surface area contributed by atoms with Gasteiger partial charge in [0.2, 0.25) is 5.91 Å². The lowest BCUT2D eigenvalue weighted by molar-refractivity contribution is -0.134. The van der Waals surface area contributed by atoms with Crippen molar-refractivity contribution in [3.63, 3.8) is 0 Å². The first-order valence-electron chi connectivity index (χ1n) is 9.34. The number of halogens is 1. The maximum absolute atomic E-state index is 13.3. The summed E-state index contributed by atoms with van der Waals surface area (Å²) in [6.07, 6.45) is 0.350. The number of cyclic esters (lactones) is 1. The van der Waals surface area contributed by atoms with E-state index in [2.05, 4.69) is 0 Å². The van der Waals surface area contributed by atoms with Crippen LogP contribution in [-0.2, 0) is 20.7 Å². The Morgan fingerprint density at radius 2 is 1.75 bits per heavy atom. The molecule has 0 aromatic heterocycles. The van der Waals surface area contributed by atoms with Crippen molar-refractivity contribution in [1.29, 1.82) is 0 Å². The van der Waals surface area contributed by atoms with Crippen molar-refractivity contribution in [2.45, 2.75) is 31.2 Å². The second kappa shape index (κ2) is 7.76. The fourth-order valence-electron chi connectivity index (χ4n) is 4.12. The van der Waals surface area contributed by atoms with Gasteiger partial charge in [0, 0.05) is 23.8 Å². The highest BCUT2D eigenvalue weighted by Crippen LogP contribution is 2.40. The summed E-state index contributed by atoms with van der Waals surface area (Å²) in [6, 6.07) is 16.5. The van der Waals surface area contributed by atoms with E-state index in [0.29, 0.717) is 17.9 Å². The van der Waals surface area contributed by atoms with Crippen LogP contribution >= 0.6 is 11.6 Å². The van der Waals surface area contributed by atoms with Gasteiger partial charge in [0.15, 0.2) is 0 Å². The minimum absolute atomic E-state index is 0.0328. The number of carbonyl (C=O) groups is 3. The zero-order valence-corrected chi connectivity index (χ0v) is 16.0. The highest BCUT2D eigenvalue weighted by molar-refractivity contribution is 6.30. The quantitative estimate of drug-likeness (QED) is 0.782. The van der Waals surface area contributed by atoms with Gasteiger partial charge in [-0.3, -0.25) is 9.59 Å². The Bertz CT molecular complexity index is 897. The Hall–Kier alpha value is -2.66. The average molecular weight is 398 g/mol. The van der Waals surface area contributed by atoms with Gasteiger partial charge >= 0.3 is 6.09 Å². The van der Waals surface area contributed by atoms with Gasteiger partial charge in [-0.2, -0.15) is 0 Å². The second-order valence-electron chi connectivity index (χ2n) is 7.34. The first kappa shape index (κ1) is 18.7. The molecule has 2 fully saturated rings. The predicted octanol–water partition coefficient (Wildman–Crippen LogP) is 3.99. The van der Waals surface area contributed by atoms with Crippen LogP contribution in [0.2, 0.25) is 5.02 Å². The molecule has 2 amide bonds. The zero-order chi connectivity index (χ0) is 19.7. The molecule has 2 aliphatic rings. The standard InChI is InChI=1S/C22H20ClNO4/c23-16-8-6-15(7-9-16)19-11-18(25)12-20(19)21(26)24-17(13-28-22(24)27)10-14-4-2-1-3-5-14/h1-9,17,19-20H,10-13H2/t17-,19+,20+/m0/s1. The second-order valence-corrected chi connectivity index (χ2v) is 7.78. The van der Waals surface area contributed by atoms with Crippen molar-refractivity contribution >= 4 is 29.4 Å². The van der Waals surface area contributed by atoms with E-state index in [9.17, 15) is 14.4 Å². The number of nitrogens with zero attached hydrogens (tertiary/aromatic N) is 1. The third-order valence-electron chi connectivity index (χ3n) is 5.51. The summed E-state index contributed by atoms with van der Waals surface area (Å²) >= 11 is 5.96. The lowest BCUT2D eigenvalue weighted by Crippen LogP contribution is -2.44. The summed E-state index contributed by atoms with van der Waals surface area (Å²) in [4.78, 5) is 39.0. The van der Waals surface area contributed by atoms with E-state index >= 15 is 0 Å².